The van der Waals surface area contributed by atoms with Crippen LogP contribution in [0, 0.1) is 6.57 Å². The molecule has 0 saturated carbocycles. The van der Waals surface area contributed by atoms with Crippen LogP contribution in [0.4, 0.5) is 5.69 Å². The molecule has 3 rings (SSSR count). The predicted octanol–water partition coefficient (Wildman–Crippen LogP) is 4.80. The van der Waals surface area contributed by atoms with E-state index in [1.54, 1.807) is 7.11 Å². The number of hydrogen-bond donors (Lipinski definition) is 0. The van der Waals surface area contributed by atoms with Crippen LogP contribution in [0.25, 0.3) is 27.1 Å². The number of fused-ring (bicyclic) bond motifs is 1. The number of rotatable bonds is 16. The molecule has 0 bridgehead atoms. The second kappa shape index (κ2) is 14.2. The van der Waals surface area contributed by atoms with E-state index in [1.807, 2.05) is 34.9 Å². The number of methoxy groups -OCH3 is 1. The van der Waals surface area contributed by atoms with Crippen molar-refractivity contribution in [3.8, 4) is 11.3 Å². The van der Waals surface area contributed by atoms with Gasteiger partial charge in [-0.3, -0.25) is 9.36 Å². The Morgan fingerprint density at radius 3 is 2.35 bits per heavy atom. The Bertz CT molecular complexity index is 1230. The van der Waals surface area contributed by atoms with Crippen LogP contribution in [-0.4, -0.2) is 68.9 Å². The third kappa shape index (κ3) is 8.08. The van der Waals surface area contributed by atoms with Crippen LogP contribution < -0.4 is 5.56 Å². The summed E-state index contributed by atoms with van der Waals surface area (Å²) < 4.78 is 25.3. The van der Waals surface area contributed by atoms with E-state index in [9.17, 15) is 4.79 Å². The first kappa shape index (κ1) is 28.8. The van der Waals surface area contributed by atoms with Crippen molar-refractivity contribution in [3.63, 3.8) is 0 Å². The zero-order chi connectivity index (χ0) is 26.7. The van der Waals surface area contributed by atoms with Gasteiger partial charge in [0.2, 0.25) is 5.69 Å². The number of nitrogens with zero attached hydrogens (tertiary/aromatic N) is 4. The lowest BCUT2D eigenvalue weighted by Crippen LogP contribution is -2.26. The van der Waals surface area contributed by atoms with Crippen molar-refractivity contribution in [1.82, 2.24) is 14.1 Å². The highest BCUT2D eigenvalue weighted by molar-refractivity contribution is 6.76. The van der Waals surface area contributed by atoms with E-state index in [-0.39, 0.29) is 12.3 Å². The van der Waals surface area contributed by atoms with Gasteiger partial charge in [-0.05, 0) is 18.0 Å². The topological polar surface area (TPSA) is 81.1 Å². The largest absolute Gasteiger partial charge is 0.382 e. The van der Waals surface area contributed by atoms with Crippen molar-refractivity contribution < 1.29 is 18.9 Å². The molecule has 200 valence electrons. The molecule has 9 nitrogen and oxygen atoms in total. The molecule has 0 aliphatic carbocycles. The minimum atomic E-state index is -1.23. The summed E-state index contributed by atoms with van der Waals surface area (Å²) in [5.41, 5.74) is 2.59. The van der Waals surface area contributed by atoms with Gasteiger partial charge in [0.25, 0.3) is 5.56 Å². The Balaban J connectivity index is 1.84. The van der Waals surface area contributed by atoms with Gasteiger partial charge in [0, 0.05) is 34.9 Å². The maximum Gasteiger partial charge on any atom is 0.278 e. The molecule has 0 N–H and O–H groups in total. The van der Waals surface area contributed by atoms with Crippen molar-refractivity contribution in [2.24, 2.45) is 0 Å². The number of ether oxygens (including phenoxy) is 4. The van der Waals surface area contributed by atoms with Crippen LogP contribution in [0.5, 0.6) is 0 Å². The zero-order valence-electron chi connectivity index (χ0n) is 22.4. The Morgan fingerprint density at radius 2 is 1.68 bits per heavy atom. The summed E-state index contributed by atoms with van der Waals surface area (Å²) in [5.74, 6) is 0. The van der Waals surface area contributed by atoms with E-state index in [0.717, 1.165) is 11.6 Å². The summed E-state index contributed by atoms with van der Waals surface area (Å²) in [6.45, 7) is 18.6. The lowest BCUT2D eigenvalue weighted by molar-refractivity contribution is 0.0238. The number of hydrogen-bond acceptors (Lipinski definition) is 6. The molecular formula is C27H38N4O5Si. The molecule has 10 heteroatoms. The molecule has 0 atom stereocenters. The van der Waals surface area contributed by atoms with Gasteiger partial charge in [-0.2, -0.15) is 0 Å². The van der Waals surface area contributed by atoms with Crippen molar-refractivity contribution in [1.29, 1.82) is 0 Å². The standard InChI is InChI=1S/C27H38N4O5Si/c1-28-23-24-26(27(32)30(20-29-24)21-36-18-19-37(3,4)5)31(25(23)22-10-7-6-8-11-22)12-9-13-34-16-17-35-15-14-33-2/h6-8,10-11,20H,9,12-19,21H2,2-5H3. The third-order valence-electron chi connectivity index (χ3n) is 5.86. The molecule has 3 aromatic rings. The highest BCUT2D eigenvalue weighted by Gasteiger charge is 2.23. The van der Waals surface area contributed by atoms with E-state index in [2.05, 4.69) is 29.5 Å². The molecular weight excluding hydrogens is 488 g/mol. The maximum absolute atomic E-state index is 13.6. The van der Waals surface area contributed by atoms with Gasteiger partial charge < -0.3 is 23.5 Å². The molecule has 0 unspecified atom stereocenters. The minimum Gasteiger partial charge on any atom is -0.382 e. The van der Waals surface area contributed by atoms with Crippen LogP contribution in [0.15, 0.2) is 41.5 Å². The predicted molar refractivity (Wildman–Crippen MR) is 148 cm³/mol. The van der Waals surface area contributed by atoms with Crippen molar-refractivity contribution in [3.05, 3.63) is 58.4 Å². The van der Waals surface area contributed by atoms with E-state index >= 15 is 0 Å². The lowest BCUT2D eigenvalue weighted by Gasteiger charge is -2.16. The van der Waals surface area contributed by atoms with Crippen molar-refractivity contribution >= 4 is 24.8 Å². The first-order chi connectivity index (χ1) is 17.9. The Hall–Kier alpha value is -2.81. The quantitative estimate of drug-likeness (QED) is 0.152. The average molecular weight is 527 g/mol. The first-order valence-electron chi connectivity index (χ1n) is 12.6. The first-order valence-corrected chi connectivity index (χ1v) is 16.3. The fourth-order valence-corrected chi connectivity index (χ4v) is 4.64. The second-order valence-electron chi connectivity index (χ2n) is 9.96. The highest BCUT2D eigenvalue weighted by atomic mass is 28.3. The highest BCUT2D eigenvalue weighted by Crippen LogP contribution is 2.38. The monoisotopic (exact) mass is 526 g/mol. The second-order valence-corrected chi connectivity index (χ2v) is 15.6. The molecule has 0 saturated heterocycles. The fraction of sp³-hybridized carbons (Fsp3) is 0.519. The Morgan fingerprint density at radius 1 is 0.973 bits per heavy atom. The number of aryl methyl sites for hydroxylation is 1. The van der Waals surface area contributed by atoms with Gasteiger partial charge in [0.1, 0.15) is 17.8 Å². The average Bonchev–Trinajstić information content (AvgIpc) is 3.20. The molecule has 0 fully saturated rings. The SMILES string of the molecule is [C-]#[N+]c1c(-c2ccccc2)n(CCCOCCOCCOC)c2c(=O)n(COCC[Si](C)(C)C)cnc12. The van der Waals surface area contributed by atoms with Gasteiger partial charge >= 0.3 is 0 Å². The summed E-state index contributed by atoms with van der Waals surface area (Å²) in [6, 6.07) is 10.7. The minimum absolute atomic E-state index is 0.137. The van der Waals surface area contributed by atoms with Crippen LogP contribution in [0.1, 0.15) is 6.42 Å². The van der Waals surface area contributed by atoms with E-state index in [4.69, 9.17) is 25.5 Å². The van der Waals surface area contributed by atoms with Gasteiger partial charge in [-0.25, -0.2) is 9.83 Å². The molecule has 0 aliphatic heterocycles. The smallest absolute Gasteiger partial charge is 0.278 e. The third-order valence-corrected chi connectivity index (χ3v) is 7.57. The summed E-state index contributed by atoms with van der Waals surface area (Å²) in [4.78, 5) is 21.9. The number of benzene rings is 1. The summed E-state index contributed by atoms with van der Waals surface area (Å²) in [6.07, 6.45) is 2.15. The molecule has 1 aromatic carbocycles. The Labute approximate surface area is 219 Å². The fourth-order valence-electron chi connectivity index (χ4n) is 3.89. The van der Waals surface area contributed by atoms with Crippen LogP contribution in [-0.2, 0) is 32.2 Å². The zero-order valence-corrected chi connectivity index (χ0v) is 23.4. The normalized spacial score (nSPS) is 11.8. The van der Waals surface area contributed by atoms with Gasteiger partial charge in [0.05, 0.1) is 45.0 Å². The number of aromatic nitrogens is 3. The molecule has 2 aromatic heterocycles. The molecule has 0 aliphatic rings. The maximum atomic E-state index is 13.6. The molecule has 0 radical (unpaired) electrons. The Kier molecular flexibility index (Phi) is 11.0. The van der Waals surface area contributed by atoms with Crippen molar-refractivity contribution in [2.75, 3.05) is 46.8 Å². The van der Waals surface area contributed by atoms with Crippen molar-refractivity contribution in [2.45, 2.75) is 45.4 Å². The van der Waals surface area contributed by atoms with E-state index in [1.165, 1.54) is 10.9 Å². The molecule has 0 amide bonds. The van der Waals surface area contributed by atoms with Gasteiger partial charge in [-0.15, -0.1) is 0 Å². The van der Waals surface area contributed by atoms with Crippen LogP contribution >= 0.6 is 0 Å². The van der Waals surface area contributed by atoms with Crippen LogP contribution in [0.3, 0.4) is 0 Å². The van der Waals surface area contributed by atoms with Crippen LogP contribution in [0.2, 0.25) is 25.7 Å². The molecule has 37 heavy (non-hydrogen) atoms. The van der Waals surface area contributed by atoms with Gasteiger partial charge in [-0.1, -0.05) is 50.0 Å². The summed E-state index contributed by atoms with van der Waals surface area (Å²) in [5, 5.41) is 0. The van der Waals surface area contributed by atoms with Gasteiger partial charge in [0.15, 0.2) is 0 Å². The lowest BCUT2D eigenvalue weighted by atomic mass is 10.1. The molecule has 2 heterocycles. The molecule has 0 spiro atoms. The summed E-state index contributed by atoms with van der Waals surface area (Å²) >= 11 is 0. The van der Waals surface area contributed by atoms with E-state index in [0.29, 0.717) is 75.0 Å². The van der Waals surface area contributed by atoms with E-state index < -0.39 is 8.07 Å². The summed E-state index contributed by atoms with van der Waals surface area (Å²) in [7, 11) is 0.406.